The maximum absolute atomic E-state index is 13.6. The number of hydrogen-bond acceptors (Lipinski definition) is 10. The molecule has 0 aliphatic heterocycles. The Kier molecular flexibility index (Phi) is 7.26. The van der Waals surface area contributed by atoms with Crippen molar-refractivity contribution in [1.29, 1.82) is 0 Å². The van der Waals surface area contributed by atoms with Gasteiger partial charge in [-0.25, -0.2) is 24.9 Å². The molecule has 4 aromatic rings. The predicted molar refractivity (Wildman–Crippen MR) is 147 cm³/mol. The monoisotopic (exact) mass is 533 g/mol. The van der Waals surface area contributed by atoms with Gasteiger partial charge in [-0.05, 0) is 63.3 Å². The molecule has 0 amide bonds. The quantitative estimate of drug-likeness (QED) is 0.305. The number of nitrogen functional groups attached to an aromatic ring is 1. The van der Waals surface area contributed by atoms with Gasteiger partial charge in [0.25, 0.3) is 5.56 Å². The lowest BCUT2D eigenvalue weighted by Gasteiger charge is -2.18. The van der Waals surface area contributed by atoms with Crippen LogP contribution in [-0.2, 0) is 17.7 Å². The molecule has 198 valence electrons. The maximum Gasteiger partial charge on any atom is 0.295 e. The second kappa shape index (κ2) is 10.6. The first kappa shape index (κ1) is 26.0. The van der Waals surface area contributed by atoms with Crippen molar-refractivity contribution < 1.29 is 4.55 Å². The zero-order valence-corrected chi connectivity index (χ0v) is 22.7. The topological polar surface area (TPSA) is 160 Å². The predicted octanol–water partition coefficient (Wildman–Crippen LogP) is 3.52. The molecule has 11 nitrogen and oxygen atoms in total. The Morgan fingerprint density at radius 3 is 2.61 bits per heavy atom. The number of aromatic nitrogens is 7. The number of hydrogen-bond donors (Lipinski definition) is 2. The third kappa shape index (κ3) is 5.05. The molecule has 0 bridgehead atoms. The van der Waals surface area contributed by atoms with Crippen LogP contribution >= 0.6 is 0 Å². The average Bonchev–Trinajstić information content (AvgIpc) is 3.76. The van der Waals surface area contributed by atoms with Gasteiger partial charge in [0.2, 0.25) is 5.95 Å². The van der Waals surface area contributed by atoms with E-state index >= 15 is 0 Å². The standard InChI is InChI=1S/C26H31N9O2S/c1-5-14(3)35-24-19(13-30-22(34-24)20-15(4)31-26(27)33-21(20)16-7-8-16)32-23(25(35)36)29-11-17-9-10-18(12-28-17)38(37)6-2/h9-10,12-14,16H,5-8,11H2,1-4H3,(H,29,32)(H2,27,31,33)/t14-,38?/m1/s1. The van der Waals surface area contributed by atoms with E-state index in [9.17, 15) is 9.35 Å². The molecule has 1 aliphatic rings. The molecule has 4 aromatic heterocycles. The molecule has 1 saturated carbocycles. The summed E-state index contributed by atoms with van der Waals surface area (Å²) in [5.74, 6) is 1.75. The highest BCUT2D eigenvalue weighted by Gasteiger charge is 2.31. The lowest BCUT2D eigenvalue weighted by Crippen LogP contribution is -2.28. The molecule has 4 heterocycles. The third-order valence-electron chi connectivity index (χ3n) is 6.75. The molecule has 0 radical (unpaired) electrons. The van der Waals surface area contributed by atoms with Gasteiger partial charge >= 0.3 is 0 Å². The molecule has 2 atom stereocenters. The van der Waals surface area contributed by atoms with E-state index in [-0.39, 0.29) is 23.4 Å². The summed E-state index contributed by atoms with van der Waals surface area (Å²) >= 11 is -1.06. The molecule has 5 rings (SSSR count). The average molecular weight is 534 g/mol. The van der Waals surface area contributed by atoms with Crippen LogP contribution in [0.4, 0.5) is 11.8 Å². The smallest absolute Gasteiger partial charge is 0.295 e. The van der Waals surface area contributed by atoms with E-state index in [1.54, 1.807) is 29.1 Å². The van der Waals surface area contributed by atoms with Gasteiger partial charge in [0, 0.05) is 12.0 Å². The van der Waals surface area contributed by atoms with Crippen molar-refractivity contribution in [3.63, 3.8) is 0 Å². The third-order valence-corrected chi connectivity index (χ3v) is 8.04. The highest BCUT2D eigenvalue weighted by atomic mass is 32.2. The van der Waals surface area contributed by atoms with Crippen LogP contribution in [0.3, 0.4) is 0 Å². The number of aryl methyl sites for hydroxylation is 1. The highest BCUT2D eigenvalue weighted by molar-refractivity contribution is 7.91. The van der Waals surface area contributed by atoms with Crippen LogP contribution in [0.15, 0.2) is 34.2 Å². The van der Waals surface area contributed by atoms with E-state index in [1.165, 1.54) is 0 Å². The molecule has 1 unspecified atom stereocenters. The van der Waals surface area contributed by atoms with Gasteiger partial charge < -0.3 is 15.6 Å². The van der Waals surface area contributed by atoms with Gasteiger partial charge in [-0.3, -0.25) is 14.3 Å². The maximum atomic E-state index is 13.6. The molecule has 0 spiro atoms. The van der Waals surface area contributed by atoms with Gasteiger partial charge in [0.15, 0.2) is 22.2 Å². The Balaban J connectivity index is 1.54. The summed E-state index contributed by atoms with van der Waals surface area (Å²) in [6.45, 7) is 8.03. The second-order valence-electron chi connectivity index (χ2n) is 9.47. The van der Waals surface area contributed by atoms with Crippen LogP contribution in [0.25, 0.3) is 22.6 Å². The fourth-order valence-electron chi connectivity index (χ4n) is 4.37. The van der Waals surface area contributed by atoms with Crippen LogP contribution in [0.1, 0.15) is 69.1 Å². The molecule has 38 heavy (non-hydrogen) atoms. The van der Waals surface area contributed by atoms with Crippen LogP contribution in [0.2, 0.25) is 0 Å². The fraction of sp³-hybridized carbons (Fsp3) is 0.423. The van der Waals surface area contributed by atoms with Crippen LogP contribution in [0.5, 0.6) is 0 Å². The lowest BCUT2D eigenvalue weighted by atomic mass is 10.1. The molecule has 0 aromatic carbocycles. The van der Waals surface area contributed by atoms with E-state index in [1.807, 2.05) is 27.7 Å². The van der Waals surface area contributed by atoms with Crippen molar-refractivity contribution in [2.45, 2.75) is 70.4 Å². The van der Waals surface area contributed by atoms with Crippen molar-refractivity contribution in [3.8, 4) is 11.4 Å². The zero-order chi connectivity index (χ0) is 27.0. The summed E-state index contributed by atoms with van der Waals surface area (Å²) in [5, 5.41) is 3.13. The molecular weight excluding hydrogens is 502 g/mol. The van der Waals surface area contributed by atoms with Crippen molar-refractivity contribution in [3.05, 3.63) is 52.0 Å². The number of rotatable bonds is 9. The summed E-state index contributed by atoms with van der Waals surface area (Å²) in [6.07, 6.45) is 6.06. The van der Waals surface area contributed by atoms with E-state index in [4.69, 9.17) is 10.7 Å². The summed E-state index contributed by atoms with van der Waals surface area (Å²) in [5.41, 5.74) is 9.67. The van der Waals surface area contributed by atoms with Crippen molar-refractivity contribution in [2.24, 2.45) is 0 Å². The van der Waals surface area contributed by atoms with Gasteiger partial charge in [-0.1, -0.05) is 6.92 Å². The number of anilines is 2. The number of nitrogens with two attached hydrogens (primary N) is 1. The summed E-state index contributed by atoms with van der Waals surface area (Å²) in [4.78, 5) is 41.5. The minimum absolute atomic E-state index is 0.121. The Morgan fingerprint density at radius 1 is 1.16 bits per heavy atom. The number of nitrogens with zero attached hydrogens (tertiary/aromatic N) is 7. The van der Waals surface area contributed by atoms with Crippen molar-refractivity contribution in [2.75, 3.05) is 16.8 Å². The largest absolute Gasteiger partial charge is 0.611 e. The molecule has 12 heteroatoms. The van der Waals surface area contributed by atoms with Crippen LogP contribution in [-0.4, -0.2) is 44.8 Å². The summed E-state index contributed by atoms with van der Waals surface area (Å²) < 4.78 is 13.7. The van der Waals surface area contributed by atoms with Crippen molar-refractivity contribution >= 4 is 34.1 Å². The van der Waals surface area contributed by atoms with Crippen molar-refractivity contribution in [1.82, 2.24) is 34.5 Å². The van der Waals surface area contributed by atoms with Crippen LogP contribution in [0, 0.1) is 6.92 Å². The lowest BCUT2D eigenvalue weighted by molar-refractivity contribution is 0.526. The van der Waals surface area contributed by atoms with E-state index in [0.717, 1.165) is 30.5 Å². The van der Waals surface area contributed by atoms with Gasteiger partial charge in [0.05, 0.1) is 41.6 Å². The Labute approximate surface area is 223 Å². The molecule has 0 saturated heterocycles. The minimum atomic E-state index is -1.06. The first-order valence-corrected chi connectivity index (χ1v) is 14.1. The highest BCUT2D eigenvalue weighted by Crippen LogP contribution is 2.43. The fourth-order valence-corrected chi connectivity index (χ4v) is 5.09. The Hall–Kier alpha value is -3.64. The Morgan fingerprint density at radius 2 is 1.95 bits per heavy atom. The minimum Gasteiger partial charge on any atom is -0.611 e. The normalized spacial score (nSPS) is 15.0. The summed E-state index contributed by atoms with van der Waals surface area (Å²) in [6, 6.07) is 3.47. The molecular formula is C26H31N9O2S. The first-order valence-electron chi connectivity index (χ1n) is 12.8. The number of nitrogens with one attached hydrogen (secondary N) is 1. The molecule has 3 N–H and O–H groups in total. The zero-order valence-electron chi connectivity index (χ0n) is 21.9. The van der Waals surface area contributed by atoms with E-state index in [0.29, 0.717) is 51.5 Å². The first-order chi connectivity index (χ1) is 18.3. The molecule has 1 aliphatic carbocycles. The Bertz CT molecular complexity index is 1540. The second-order valence-corrected chi connectivity index (χ2v) is 11.2. The number of fused-ring (bicyclic) bond motifs is 1. The van der Waals surface area contributed by atoms with Gasteiger partial charge in [0.1, 0.15) is 11.3 Å². The van der Waals surface area contributed by atoms with Gasteiger partial charge in [-0.15, -0.1) is 0 Å². The van der Waals surface area contributed by atoms with E-state index in [2.05, 4.69) is 30.2 Å². The van der Waals surface area contributed by atoms with Gasteiger partial charge in [-0.2, -0.15) is 0 Å². The van der Waals surface area contributed by atoms with Crippen LogP contribution < -0.4 is 16.6 Å². The number of pyridine rings is 1. The molecule has 1 fully saturated rings. The van der Waals surface area contributed by atoms with E-state index < -0.39 is 11.2 Å². The summed E-state index contributed by atoms with van der Waals surface area (Å²) in [7, 11) is 0. The SMILES string of the molecule is CC[C@@H](C)n1c(=O)c(NCc2ccc([S+]([O-])CC)cn2)nc2cnc(-c3c(C)nc(N)nc3C3CC3)nc21.